The van der Waals surface area contributed by atoms with Crippen LogP contribution >= 0.6 is 0 Å². The number of rotatable bonds is 2. The molecular formula is C16H17NO3. The molecule has 104 valence electrons. The number of nitrogens with zero attached hydrogens (tertiary/aromatic N) is 1. The zero-order valence-corrected chi connectivity index (χ0v) is 11.5. The third kappa shape index (κ3) is 2.05. The highest BCUT2D eigenvalue weighted by molar-refractivity contribution is 6.11. The van der Waals surface area contributed by atoms with Crippen molar-refractivity contribution < 1.29 is 14.4 Å². The summed E-state index contributed by atoms with van der Waals surface area (Å²) in [4.78, 5) is 37.3. The number of benzene rings is 1. The van der Waals surface area contributed by atoms with Crippen LogP contribution in [0.3, 0.4) is 0 Å². The summed E-state index contributed by atoms with van der Waals surface area (Å²) in [6.45, 7) is 0. The predicted molar refractivity (Wildman–Crippen MR) is 73.5 cm³/mol. The Balaban J connectivity index is 1.94. The van der Waals surface area contributed by atoms with Gasteiger partial charge in [-0.2, -0.15) is 0 Å². The molecule has 1 heterocycles. The van der Waals surface area contributed by atoms with Crippen LogP contribution < -0.4 is 0 Å². The van der Waals surface area contributed by atoms with E-state index in [2.05, 4.69) is 0 Å². The van der Waals surface area contributed by atoms with E-state index >= 15 is 0 Å². The van der Waals surface area contributed by atoms with Gasteiger partial charge in [0, 0.05) is 24.1 Å². The minimum atomic E-state index is -0.308. The van der Waals surface area contributed by atoms with Gasteiger partial charge in [-0.25, -0.2) is 0 Å². The molecule has 0 bridgehead atoms. The second kappa shape index (κ2) is 4.85. The number of carbonyl (C=O) groups excluding carboxylic acids is 3. The van der Waals surface area contributed by atoms with Crippen LogP contribution in [0.15, 0.2) is 18.2 Å². The van der Waals surface area contributed by atoms with Crippen LogP contribution in [-0.4, -0.2) is 29.5 Å². The summed E-state index contributed by atoms with van der Waals surface area (Å²) in [5, 5.41) is 0. The van der Waals surface area contributed by atoms with Gasteiger partial charge in [0.05, 0.1) is 6.42 Å². The fourth-order valence-corrected chi connectivity index (χ4v) is 3.08. The van der Waals surface area contributed by atoms with Gasteiger partial charge in [0.15, 0.2) is 5.78 Å². The zero-order chi connectivity index (χ0) is 14.3. The van der Waals surface area contributed by atoms with Crippen molar-refractivity contribution in [3.8, 4) is 0 Å². The highest BCUT2D eigenvalue weighted by atomic mass is 16.2. The molecule has 0 radical (unpaired) electrons. The van der Waals surface area contributed by atoms with E-state index in [1.807, 2.05) is 0 Å². The maximum absolute atomic E-state index is 12.4. The Morgan fingerprint density at radius 3 is 2.60 bits per heavy atom. The van der Waals surface area contributed by atoms with Crippen molar-refractivity contribution in [3.05, 3.63) is 34.9 Å². The van der Waals surface area contributed by atoms with Gasteiger partial charge in [-0.3, -0.25) is 19.3 Å². The molecule has 1 saturated carbocycles. The Labute approximate surface area is 117 Å². The maximum atomic E-state index is 12.4. The molecule has 0 unspecified atom stereocenters. The quantitative estimate of drug-likeness (QED) is 0.612. The van der Waals surface area contributed by atoms with Crippen molar-refractivity contribution in [2.24, 2.45) is 5.92 Å². The molecule has 1 aliphatic carbocycles. The van der Waals surface area contributed by atoms with Crippen LogP contribution in [0.4, 0.5) is 0 Å². The monoisotopic (exact) mass is 271 g/mol. The molecule has 0 atom stereocenters. The summed E-state index contributed by atoms with van der Waals surface area (Å²) in [6.07, 6.45) is 4.34. The summed E-state index contributed by atoms with van der Waals surface area (Å²) in [5.74, 6) is -0.265. The molecular weight excluding hydrogens is 254 g/mol. The van der Waals surface area contributed by atoms with E-state index in [4.69, 9.17) is 0 Å². The molecule has 1 aromatic rings. The van der Waals surface area contributed by atoms with Crippen molar-refractivity contribution in [2.45, 2.75) is 32.1 Å². The molecule has 3 rings (SSSR count). The number of amides is 2. The minimum absolute atomic E-state index is 0.103. The fraction of sp³-hybridized carbons (Fsp3) is 0.438. The van der Waals surface area contributed by atoms with Gasteiger partial charge in [-0.15, -0.1) is 0 Å². The first-order valence-corrected chi connectivity index (χ1v) is 7.06. The van der Waals surface area contributed by atoms with E-state index in [-0.39, 0.29) is 29.9 Å². The molecule has 0 saturated heterocycles. The third-order valence-electron chi connectivity index (χ3n) is 4.37. The van der Waals surface area contributed by atoms with Crippen molar-refractivity contribution >= 4 is 17.6 Å². The summed E-state index contributed by atoms with van der Waals surface area (Å²) in [7, 11) is 1.49. The van der Waals surface area contributed by atoms with Gasteiger partial charge in [-0.05, 0) is 24.5 Å². The molecule has 0 aromatic heterocycles. The van der Waals surface area contributed by atoms with Gasteiger partial charge in [0.1, 0.15) is 0 Å². The second-order valence-corrected chi connectivity index (χ2v) is 5.65. The van der Waals surface area contributed by atoms with Crippen LogP contribution in [0.5, 0.6) is 0 Å². The molecule has 0 N–H and O–H groups in total. The number of hydrogen-bond acceptors (Lipinski definition) is 3. The normalized spacial score (nSPS) is 19.4. The number of likely N-dealkylation sites (N-methyl/N-ethyl adjacent to an activating group) is 1. The standard InChI is InChI=1S/C16H17NO3/c1-17-14(18)9-11-6-7-12(8-13(11)16(17)20)15(19)10-4-2-3-5-10/h6-8,10H,2-5,9H2,1H3. The number of imide groups is 1. The first-order chi connectivity index (χ1) is 9.58. The minimum Gasteiger partial charge on any atom is -0.294 e. The fourth-order valence-electron chi connectivity index (χ4n) is 3.08. The number of hydrogen-bond donors (Lipinski definition) is 0. The molecule has 1 aliphatic heterocycles. The van der Waals surface area contributed by atoms with Gasteiger partial charge >= 0.3 is 0 Å². The van der Waals surface area contributed by atoms with Crippen LogP contribution in [0.2, 0.25) is 0 Å². The molecule has 2 amide bonds. The topological polar surface area (TPSA) is 54.5 Å². The van der Waals surface area contributed by atoms with E-state index in [1.165, 1.54) is 7.05 Å². The summed E-state index contributed by atoms with van der Waals surface area (Å²) in [6, 6.07) is 5.17. The highest BCUT2D eigenvalue weighted by Gasteiger charge is 2.30. The molecule has 4 nitrogen and oxygen atoms in total. The van der Waals surface area contributed by atoms with Crippen LogP contribution in [0, 0.1) is 5.92 Å². The van der Waals surface area contributed by atoms with Gasteiger partial charge < -0.3 is 0 Å². The molecule has 1 aromatic carbocycles. The first-order valence-electron chi connectivity index (χ1n) is 7.06. The van der Waals surface area contributed by atoms with Crippen molar-refractivity contribution in [3.63, 3.8) is 0 Å². The van der Waals surface area contributed by atoms with Crippen LogP contribution in [0.1, 0.15) is 52.0 Å². The first kappa shape index (κ1) is 13.0. The van der Waals surface area contributed by atoms with E-state index in [1.54, 1.807) is 18.2 Å². The number of Topliss-reactive ketones (excluding diaryl/α,β-unsaturated/α-hetero) is 1. The lowest BCUT2D eigenvalue weighted by molar-refractivity contribution is -0.127. The predicted octanol–water partition coefficient (Wildman–Crippen LogP) is 2.21. The Hall–Kier alpha value is -1.97. The van der Waals surface area contributed by atoms with Gasteiger partial charge in [0.2, 0.25) is 5.91 Å². The SMILES string of the molecule is CN1C(=O)Cc2ccc(C(=O)C3CCCC3)cc2C1=O. The van der Waals surface area contributed by atoms with Crippen molar-refractivity contribution in [1.82, 2.24) is 4.90 Å². The smallest absolute Gasteiger partial charge is 0.260 e. The number of ketones is 1. The van der Waals surface area contributed by atoms with Gasteiger partial charge in [0.25, 0.3) is 5.91 Å². The average molecular weight is 271 g/mol. The Bertz CT molecular complexity index is 600. The number of fused-ring (bicyclic) bond motifs is 1. The second-order valence-electron chi connectivity index (χ2n) is 5.65. The summed E-state index contributed by atoms with van der Waals surface area (Å²) >= 11 is 0. The summed E-state index contributed by atoms with van der Waals surface area (Å²) in [5.41, 5.74) is 1.82. The lowest BCUT2D eigenvalue weighted by Gasteiger charge is -2.23. The highest BCUT2D eigenvalue weighted by Crippen LogP contribution is 2.29. The molecule has 2 aliphatic rings. The Morgan fingerprint density at radius 2 is 1.90 bits per heavy atom. The third-order valence-corrected chi connectivity index (χ3v) is 4.37. The maximum Gasteiger partial charge on any atom is 0.260 e. The van der Waals surface area contributed by atoms with E-state index in [0.717, 1.165) is 36.1 Å². The van der Waals surface area contributed by atoms with E-state index in [9.17, 15) is 14.4 Å². The van der Waals surface area contributed by atoms with Crippen LogP contribution in [0.25, 0.3) is 0 Å². The van der Waals surface area contributed by atoms with Crippen LogP contribution in [-0.2, 0) is 11.2 Å². The molecule has 20 heavy (non-hydrogen) atoms. The van der Waals surface area contributed by atoms with E-state index < -0.39 is 0 Å². The Kier molecular flexibility index (Phi) is 3.16. The number of carbonyl (C=O) groups is 3. The molecule has 4 heteroatoms. The summed E-state index contributed by atoms with van der Waals surface area (Å²) < 4.78 is 0. The Morgan fingerprint density at radius 1 is 1.20 bits per heavy atom. The molecule has 1 fully saturated rings. The van der Waals surface area contributed by atoms with Crippen molar-refractivity contribution in [1.29, 1.82) is 0 Å². The zero-order valence-electron chi connectivity index (χ0n) is 11.5. The molecule has 0 spiro atoms. The lowest BCUT2D eigenvalue weighted by atomic mass is 9.91. The van der Waals surface area contributed by atoms with Gasteiger partial charge in [-0.1, -0.05) is 25.0 Å². The lowest BCUT2D eigenvalue weighted by Crippen LogP contribution is -2.39. The average Bonchev–Trinajstić information content (AvgIpc) is 2.98. The van der Waals surface area contributed by atoms with Crippen molar-refractivity contribution in [2.75, 3.05) is 7.05 Å². The largest absolute Gasteiger partial charge is 0.294 e. The van der Waals surface area contributed by atoms with E-state index in [0.29, 0.717) is 11.1 Å².